The topological polar surface area (TPSA) is 124 Å². The van der Waals surface area contributed by atoms with Crippen LogP contribution in [0, 0.1) is 0 Å². The SMILES string of the molecule is CC[SH](=O)=O.Nc1cccc(OS(=O)(=O)O)c1. The maximum absolute atomic E-state index is 10.2. The summed E-state index contributed by atoms with van der Waals surface area (Å²) in [5, 5.41) is 0. The minimum atomic E-state index is -4.45. The highest BCUT2D eigenvalue weighted by atomic mass is 32.3. The van der Waals surface area contributed by atoms with E-state index in [1.807, 2.05) is 0 Å². The number of nitrogens with two attached hydrogens (primary N) is 1. The lowest BCUT2D eigenvalue weighted by Crippen LogP contribution is -2.06. The van der Waals surface area contributed by atoms with Crippen LogP contribution in [0.15, 0.2) is 24.3 Å². The second-order valence-electron chi connectivity index (χ2n) is 2.73. The van der Waals surface area contributed by atoms with Crippen molar-refractivity contribution in [3.8, 4) is 5.75 Å². The van der Waals surface area contributed by atoms with Gasteiger partial charge in [-0.1, -0.05) is 13.0 Å². The fourth-order valence-corrected chi connectivity index (χ4v) is 1.03. The zero-order valence-corrected chi connectivity index (χ0v) is 10.6. The number of rotatable bonds is 3. The van der Waals surface area contributed by atoms with Crippen LogP contribution in [0.4, 0.5) is 5.69 Å². The monoisotopic (exact) mass is 283 g/mol. The third kappa shape index (κ3) is 9.60. The normalized spacial score (nSPS) is 10.5. The van der Waals surface area contributed by atoms with Gasteiger partial charge in [0.25, 0.3) is 0 Å². The average molecular weight is 283 g/mol. The summed E-state index contributed by atoms with van der Waals surface area (Å²) in [5.74, 6) is 0.243. The first-order valence-corrected chi connectivity index (χ1v) is 7.11. The lowest BCUT2D eigenvalue weighted by Gasteiger charge is -2.00. The van der Waals surface area contributed by atoms with E-state index in [2.05, 4.69) is 4.18 Å². The van der Waals surface area contributed by atoms with Crippen molar-refractivity contribution in [1.29, 1.82) is 0 Å². The van der Waals surface area contributed by atoms with Gasteiger partial charge >= 0.3 is 10.4 Å². The van der Waals surface area contributed by atoms with Gasteiger partial charge in [-0.3, -0.25) is 4.55 Å². The van der Waals surface area contributed by atoms with Gasteiger partial charge < -0.3 is 9.92 Å². The Labute approximate surface area is 101 Å². The van der Waals surface area contributed by atoms with Crippen LogP contribution < -0.4 is 9.92 Å². The molecule has 1 aromatic rings. The molecule has 0 heterocycles. The highest BCUT2D eigenvalue weighted by Gasteiger charge is 2.05. The molecule has 0 unspecified atom stereocenters. The van der Waals surface area contributed by atoms with Crippen molar-refractivity contribution < 1.29 is 25.6 Å². The molecule has 0 spiro atoms. The molecule has 0 radical (unpaired) electrons. The van der Waals surface area contributed by atoms with Crippen LogP contribution in [-0.4, -0.2) is 27.1 Å². The van der Waals surface area contributed by atoms with Crippen molar-refractivity contribution in [3.63, 3.8) is 0 Å². The largest absolute Gasteiger partial charge is 0.446 e. The van der Waals surface area contributed by atoms with E-state index in [0.29, 0.717) is 5.69 Å². The van der Waals surface area contributed by atoms with Crippen LogP contribution in [0.5, 0.6) is 5.75 Å². The Bertz CT molecular complexity index is 515. The van der Waals surface area contributed by atoms with Crippen LogP contribution >= 0.6 is 0 Å². The molecular formula is C8H13NO6S2. The van der Waals surface area contributed by atoms with E-state index < -0.39 is 21.1 Å². The molecule has 0 amide bonds. The molecule has 3 N–H and O–H groups in total. The molecule has 7 nitrogen and oxygen atoms in total. The molecule has 0 aromatic heterocycles. The average Bonchev–Trinajstić information content (AvgIpc) is 2.15. The highest BCUT2D eigenvalue weighted by Crippen LogP contribution is 2.15. The van der Waals surface area contributed by atoms with E-state index in [0.717, 1.165) is 0 Å². The summed E-state index contributed by atoms with van der Waals surface area (Å²) in [6.07, 6.45) is 0. The van der Waals surface area contributed by atoms with E-state index >= 15 is 0 Å². The Morgan fingerprint density at radius 3 is 2.29 bits per heavy atom. The van der Waals surface area contributed by atoms with Gasteiger partial charge in [0.15, 0.2) is 0 Å². The van der Waals surface area contributed by atoms with Gasteiger partial charge in [-0.2, -0.15) is 8.42 Å². The van der Waals surface area contributed by atoms with Crippen LogP contribution in [0.3, 0.4) is 0 Å². The molecule has 9 heteroatoms. The molecule has 0 aliphatic heterocycles. The molecule has 98 valence electrons. The minimum absolute atomic E-state index is 0.0162. The lowest BCUT2D eigenvalue weighted by molar-refractivity contribution is 0.387. The maximum Gasteiger partial charge on any atom is 0.446 e. The molecule has 1 rings (SSSR count). The summed E-state index contributed by atoms with van der Waals surface area (Å²) >= 11 is 0. The van der Waals surface area contributed by atoms with Crippen molar-refractivity contribution in [2.45, 2.75) is 6.92 Å². The molecule has 17 heavy (non-hydrogen) atoms. The first kappa shape index (κ1) is 15.7. The zero-order chi connectivity index (χ0) is 13.5. The minimum Gasteiger partial charge on any atom is -0.399 e. The molecule has 0 saturated carbocycles. The third-order valence-electron chi connectivity index (χ3n) is 1.32. The predicted octanol–water partition coefficient (Wildman–Crippen LogP) is 0.0681. The Balaban J connectivity index is 0.000000437. The van der Waals surface area contributed by atoms with E-state index in [1.54, 1.807) is 13.0 Å². The van der Waals surface area contributed by atoms with Crippen molar-refractivity contribution in [1.82, 2.24) is 0 Å². The molecule has 0 bridgehead atoms. The Hall–Kier alpha value is -1.32. The first-order chi connectivity index (χ1) is 7.74. The fourth-order valence-electron chi connectivity index (χ4n) is 0.688. The second kappa shape index (κ2) is 7.09. The van der Waals surface area contributed by atoms with Gasteiger partial charge in [0.05, 0.1) is 0 Å². The molecule has 0 fully saturated rings. The quantitative estimate of drug-likeness (QED) is 0.407. The predicted molar refractivity (Wildman–Crippen MR) is 63.9 cm³/mol. The summed E-state index contributed by atoms with van der Waals surface area (Å²) in [7, 11) is -6.55. The van der Waals surface area contributed by atoms with E-state index in [-0.39, 0.29) is 11.5 Å². The molecular weight excluding hydrogens is 270 g/mol. The Morgan fingerprint density at radius 2 is 1.94 bits per heavy atom. The molecule has 0 atom stereocenters. The van der Waals surface area contributed by atoms with Crippen molar-refractivity contribution in [3.05, 3.63) is 24.3 Å². The Kier molecular flexibility index (Phi) is 6.54. The van der Waals surface area contributed by atoms with Gasteiger partial charge in [0.2, 0.25) is 0 Å². The van der Waals surface area contributed by atoms with Crippen LogP contribution in [-0.2, 0) is 21.1 Å². The van der Waals surface area contributed by atoms with Crippen molar-refractivity contribution in [2.75, 3.05) is 11.5 Å². The van der Waals surface area contributed by atoms with Gasteiger partial charge in [-0.15, -0.1) is 0 Å². The van der Waals surface area contributed by atoms with Gasteiger partial charge in [-0.05, 0) is 12.1 Å². The van der Waals surface area contributed by atoms with Crippen LogP contribution in [0.2, 0.25) is 0 Å². The standard InChI is InChI=1S/C6H7NO4S.C2H6O2S/c7-5-2-1-3-6(4-5)11-12(8,9)10;1-2-5(3)4/h1-4H,7H2,(H,8,9,10);5H,2H2,1H3. The number of thiol groups is 1. The summed E-state index contributed by atoms with van der Waals surface area (Å²) in [4.78, 5) is 0. The number of benzene rings is 1. The number of hydrogen-bond acceptors (Lipinski definition) is 6. The second-order valence-corrected chi connectivity index (χ2v) is 5.05. The summed E-state index contributed by atoms with van der Waals surface area (Å²) in [6, 6.07) is 5.73. The van der Waals surface area contributed by atoms with Gasteiger partial charge in [-0.25, -0.2) is 8.42 Å². The molecule has 0 aliphatic carbocycles. The van der Waals surface area contributed by atoms with Crippen molar-refractivity contribution in [2.24, 2.45) is 0 Å². The zero-order valence-electron chi connectivity index (χ0n) is 8.94. The number of hydrogen-bond donors (Lipinski definition) is 3. The fraction of sp³-hybridized carbons (Fsp3) is 0.250. The summed E-state index contributed by atoms with van der Waals surface area (Å²) in [6.45, 7) is 1.60. The summed E-state index contributed by atoms with van der Waals surface area (Å²) < 4.78 is 51.6. The van der Waals surface area contributed by atoms with Crippen LogP contribution in [0.25, 0.3) is 0 Å². The van der Waals surface area contributed by atoms with Crippen molar-refractivity contribution >= 4 is 26.8 Å². The van der Waals surface area contributed by atoms with Gasteiger partial charge in [0, 0.05) is 17.5 Å². The highest BCUT2D eigenvalue weighted by molar-refractivity contribution is 7.81. The molecule has 0 saturated heterocycles. The van der Waals surface area contributed by atoms with Gasteiger partial charge in [0.1, 0.15) is 16.5 Å². The third-order valence-corrected chi connectivity index (χ3v) is 2.24. The van der Waals surface area contributed by atoms with E-state index in [4.69, 9.17) is 10.3 Å². The number of anilines is 1. The smallest absolute Gasteiger partial charge is 0.399 e. The maximum atomic E-state index is 10.2. The number of nitrogen functional groups attached to an aromatic ring is 1. The molecule has 0 aliphatic rings. The van der Waals surface area contributed by atoms with Crippen LogP contribution in [0.1, 0.15) is 6.92 Å². The molecule has 1 aromatic carbocycles. The Morgan fingerprint density at radius 1 is 1.41 bits per heavy atom. The lowest BCUT2D eigenvalue weighted by atomic mass is 10.3. The summed E-state index contributed by atoms with van der Waals surface area (Å²) in [5.41, 5.74) is 5.68. The van der Waals surface area contributed by atoms with E-state index in [1.165, 1.54) is 18.2 Å². The van der Waals surface area contributed by atoms with E-state index in [9.17, 15) is 16.8 Å². The first-order valence-electron chi connectivity index (χ1n) is 4.39.